The van der Waals surface area contributed by atoms with Crippen LogP contribution in [-0.2, 0) is 9.53 Å². The molecule has 1 N–H and O–H groups in total. The smallest absolute Gasteiger partial charge is 0.338 e. The van der Waals surface area contributed by atoms with E-state index >= 15 is 0 Å². The molecule has 0 aliphatic heterocycles. The number of esters is 1. The molecule has 0 unspecified atom stereocenters. The standard InChI is InChI=1S/C19H18ClNO4/c1-3-11-24-15-9-7-14(8-10-15)19(23)25-12-18(22)21-17-6-4-5-16(20)13(17)2/h3-10H,1,11-12H2,2H3,(H,21,22). The second-order valence-electron chi connectivity index (χ2n) is 5.16. The van der Waals surface area contributed by atoms with E-state index in [1.807, 2.05) is 0 Å². The number of ether oxygens (including phenoxy) is 2. The van der Waals surface area contributed by atoms with Gasteiger partial charge in [0, 0.05) is 10.7 Å². The highest BCUT2D eigenvalue weighted by atomic mass is 35.5. The molecule has 1 amide bonds. The summed E-state index contributed by atoms with van der Waals surface area (Å²) >= 11 is 6.00. The summed E-state index contributed by atoms with van der Waals surface area (Å²) in [6, 6.07) is 11.6. The Morgan fingerprint density at radius 2 is 1.92 bits per heavy atom. The highest BCUT2D eigenvalue weighted by molar-refractivity contribution is 6.31. The molecule has 5 nitrogen and oxygen atoms in total. The highest BCUT2D eigenvalue weighted by Gasteiger charge is 2.12. The first kappa shape index (κ1) is 18.5. The van der Waals surface area contributed by atoms with Crippen LogP contribution in [0, 0.1) is 6.92 Å². The van der Waals surface area contributed by atoms with Crippen LogP contribution >= 0.6 is 11.6 Å². The van der Waals surface area contributed by atoms with Crippen LogP contribution in [0.1, 0.15) is 15.9 Å². The van der Waals surface area contributed by atoms with Crippen LogP contribution in [0.15, 0.2) is 55.1 Å². The summed E-state index contributed by atoms with van der Waals surface area (Å²) in [6.07, 6.45) is 1.63. The number of nitrogens with one attached hydrogen (secondary N) is 1. The Kier molecular flexibility index (Phi) is 6.60. The van der Waals surface area contributed by atoms with E-state index in [1.165, 1.54) is 0 Å². The molecule has 6 heteroatoms. The van der Waals surface area contributed by atoms with E-state index in [1.54, 1.807) is 55.5 Å². The van der Waals surface area contributed by atoms with Gasteiger partial charge in [0.15, 0.2) is 6.61 Å². The van der Waals surface area contributed by atoms with Gasteiger partial charge in [-0.3, -0.25) is 4.79 Å². The average Bonchev–Trinajstić information content (AvgIpc) is 2.62. The largest absolute Gasteiger partial charge is 0.490 e. The van der Waals surface area contributed by atoms with E-state index in [-0.39, 0.29) is 6.61 Å². The monoisotopic (exact) mass is 359 g/mol. The van der Waals surface area contributed by atoms with Gasteiger partial charge in [-0.25, -0.2) is 4.79 Å². The number of amides is 1. The van der Waals surface area contributed by atoms with Gasteiger partial charge in [-0.15, -0.1) is 0 Å². The van der Waals surface area contributed by atoms with E-state index in [0.717, 1.165) is 5.56 Å². The Balaban J connectivity index is 1.87. The fourth-order valence-corrected chi connectivity index (χ4v) is 2.16. The molecule has 130 valence electrons. The molecule has 0 heterocycles. The van der Waals surface area contributed by atoms with Crippen LogP contribution in [0.25, 0.3) is 0 Å². The Labute approximate surface area is 151 Å². The zero-order chi connectivity index (χ0) is 18.2. The number of hydrogen-bond donors (Lipinski definition) is 1. The molecule has 0 radical (unpaired) electrons. The van der Waals surface area contributed by atoms with Gasteiger partial charge in [0.1, 0.15) is 12.4 Å². The van der Waals surface area contributed by atoms with Crippen molar-refractivity contribution in [2.45, 2.75) is 6.92 Å². The summed E-state index contributed by atoms with van der Waals surface area (Å²) in [5, 5.41) is 3.21. The number of rotatable bonds is 7. The molecule has 0 spiro atoms. The fraction of sp³-hybridized carbons (Fsp3) is 0.158. The Morgan fingerprint density at radius 3 is 2.60 bits per heavy atom. The number of benzene rings is 2. The first-order valence-corrected chi connectivity index (χ1v) is 7.95. The number of carbonyl (C=O) groups is 2. The molecule has 2 rings (SSSR count). The van der Waals surface area contributed by atoms with Gasteiger partial charge in [-0.05, 0) is 48.9 Å². The SMILES string of the molecule is C=CCOc1ccc(C(=O)OCC(=O)Nc2cccc(Cl)c2C)cc1. The first-order valence-electron chi connectivity index (χ1n) is 7.57. The van der Waals surface area contributed by atoms with Crippen molar-refractivity contribution in [3.05, 3.63) is 71.3 Å². The molecule has 25 heavy (non-hydrogen) atoms. The van der Waals surface area contributed by atoms with Crippen molar-refractivity contribution in [3.63, 3.8) is 0 Å². The summed E-state index contributed by atoms with van der Waals surface area (Å²) in [6.45, 7) is 5.34. The average molecular weight is 360 g/mol. The minimum atomic E-state index is -0.590. The van der Waals surface area contributed by atoms with Crippen molar-refractivity contribution in [2.24, 2.45) is 0 Å². The maximum atomic E-state index is 12.0. The Hall–Kier alpha value is -2.79. The van der Waals surface area contributed by atoms with E-state index in [2.05, 4.69) is 11.9 Å². The molecule has 0 atom stereocenters. The fourth-order valence-electron chi connectivity index (χ4n) is 1.99. The predicted molar refractivity (Wildman–Crippen MR) is 97.2 cm³/mol. The van der Waals surface area contributed by atoms with Gasteiger partial charge >= 0.3 is 5.97 Å². The van der Waals surface area contributed by atoms with Crippen LogP contribution in [-0.4, -0.2) is 25.1 Å². The normalized spacial score (nSPS) is 10.0. The first-order chi connectivity index (χ1) is 12.0. The molecule has 0 fully saturated rings. The zero-order valence-electron chi connectivity index (χ0n) is 13.8. The van der Waals surface area contributed by atoms with Crippen molar-refractivity contribution in [1.29, 1.82) is 0 Å². The summed E-state index contributed by atoms with van der Waals surface area (Å²) < 4.78 is 10.3. The van der Waals surface area contributed by atoms with Gasteiger partial charge in [0.05, 0.1) is 5.56 Å². The van der Waals surface area contributed by atoms with Crippen molar-refractivity contribution < 1.29 is 19.1 Å². The number of anilines is 1. The summed E-state index contributed by atoms with van der Waals surface area (Å²) in [5.74, 6) is -0.413. The summed E-state index contributed by atoms with van der Waals surface area (Å²) in [7, 11) is 0. The molecule has 2 aromatic carbocycles. The molecule has 0 aliphatic carbocycles. The Bertz CT molecular complexity index is 771. The van der Waals surface area contributed by atoms with Gasteiger partial charge < -0.3 is 14.8 Å². The predicted octanol–water partition coefficient (Wildman–Crippen LogP) is 4.01. The number of halogens is 1. The van der Waals surface area contributed by atoms with Gasteiger partial charge in [-0.2, -0.15) is 0 Å². The van der Waals surface area contributed by atoms with E-state index in [4.69, 9.17) is 21.1 Å². The van der Waals surface area contributed by atoms with Crippen molar-refractivity contribution in [2.75, 3.05) is 18.5 Å². The molecule has 2 aromatic rings. The van der Waals surface area contributed by atoms with Crippen LogP contribution < -0.4 is 10.1 Å². The second-order valence-corrected chi connectivity index (χ2v) is 5.57. The maximum Gasteiger partial charge on any atom is 0.338 e. The van der Waals surface area contributed by atoms with Crippen LogP contribution in [0.5, 0.6) is 5.75 Å². The van der Waals surface area contributed by atoms with Crippen LogP contribution in [0.4, 0.5) is 5.69 Å². The molecule has 0 saturated heterocycles. The summed E-state index contributed by atoms with van der Waals surface area (Å²) in [4.78, 5) is 23.9. The number of hydrogen-bond acceptors (Lipinski definition) is 4. The molecule has 0 bridgehead atoms. The lowest BCUT2D eigenvalue weighted by Crippen LogP contribution is -2.21. The number of carbonyl (C=O) groups excluding carboxylic acids is 2. The topological polar surface area (TPSA) is 64.6 Å². The summed E-state index contributed by atoms with van der Waals surface area (Å²) in [5.41, 5.74) is 1.66. The molecular formula is C19H18ClNO4. The minimum absolute atomic E-state index is 0.331. The highest BCUT2D eigenvalue weighted by Crippen LogP contribution is 2.22. The van der Waals surface area contributed by atoms with E-state index < -0.39 is 11.9 Å². The third kappa shape index (κ3) is 5.36. The lowest BCUT2D eigenvalue weighted by atomic mass is 10.2. The van der Waals surface area contributed by atoms with Gasteiger partial charge in [0.25, 0.3) is 5.91 Å². The van der Waals surface area contributed by atoms with Gasteiger partial charge in [0.2, 0.25) is 0 Å². The third-order valence-corrected chi connectivity index (χ3v) is 3.74. The zero-order valence-corrected chi connectivity index (χ0v) is 14.5. The Morgan fingerprint density at radius 1 is 1.20 bits per heavy atom. The molecule has 0 aromatic heterocycles. The third-order valence-electron chi connectivity index (χ3n) is 3.33. The lowest BCUT2D eigenvalue weighted by Gasteiger charge is -2.10. The molecule has 0 saturated carbocycles. The minimum Gasteiger partial charge on any atom is -0.490 e. The van der Waals surface area contributed by atoms with E-state index in [0.29, 0.717) is 28.6 Å². The van der Waals surface area contributed by atoms with Crippen LogP contribution in [0.2, 0.25) is 5.02 Å². The van der Waals surface area contributed by atoms with Crippen LogP contribution in [0.3, 0.4) is 0 Å². The lowest BCUT2D eigenvalue weighted by molar-refractivity contribution is -0.119. The van der Waals surface area contributed by atoms with Crippen molar-refractivity contribution in [3.8, 4) is 5.75 Å². The van der Waals surface area contributed by atoms with Crippen molar-refractivity contribution in [1.82, 2.24) is 0 Å². The maximum absolute atomic E-state index is 12.0. The quantitative estimate of drug-likeness (QED) is 0.599. The van der Waals surface area contributed by atoms with Gasteiger partial charge in [-0.1, -0.05) is 30.3 Å². The van der Waals surface area contributed by atoms with Crippen molar-refractivity contribution >= 4 is 29.2 Å². The van der Waals surface area contributed by atoms with E-state index in [9.17, 15) is 9.59 Å². The molecular weight excluding hydrogens is 342 g/mol. The molecule has 0 aliphatic rings. The second kappa shape index (κ2) is 8.89.